The molecule has 0 fully saturated rings. The second kappa shape index (κ2) is 13.8. The minimum absolute atomic E-state index is 1.02. The molecule has 0 bridgehead atoms. The molecule has 0 N–H and O–H groups in total. The molecule has 8 aromatic carbocycles. The van der Waals surface area contributed by atoms with E-state index in [1.54, 1.807) is 0 Å². The molecular weight excluding hydrogens is 661 g/mol. The van der Waals surface area contributed by atoms with Crippen LogP contribution in [-0.4, -0.2) is 8.07 Å². The fourth-order valence-electron chi connectivity index (χ4n) is 8.55. The smallest absolute Gasteiger partial charge is 0.133 e. The summed E-state index contributed by atoms with van der Waals surface area (Å²) in [5, 5.41) is 5.68. The first-order valence-corrected chi connectivity index (χ1v) is 21.8. The minimum Gasteiger partial charge on any atom is -0.133 e. The van der Waals surface area contributed by atoms with Gasteiger partial charge < -0.3 is 0 Å². The largest absolute Gasteiger partial charge is 0.179 e. The van der Waals surface area contributed by atoms with Crippen LogP contribution in [0.5, 0.6) is 0 Å². The summed E-state index contributed by atoms with van der Waals surface area (Å²) in [4.78, 5) is 5.46. The molecule has 0 aliphatic heterocycles. The van der Waals surface area contributed by atoms with E-state index in [1.165, 1.54) is 62.6 Å². The summed E-state index contributed by atoms with van der Waals surface area (Å²) in [6.07, 6.45) is 2.04. The molecule has 1 aliphatic rings. The van der Waals surface area contributed by atoms with Crippen LogP contribution in [0, 0.1) is 0 Å². The van der Waals surface area contributed by atoms with E-state index in [0.717, 1.165) is 12.8 Å². The maximum atomic E-state index is 2.57. The van der Waals surface area contributed by atoms with Gasteiger partial charge in [0, 0.05) is 19.6 Å². The molecule has 0 aromatic heterocycles. The fraction of sp³-hybridized carbons (Fsp3) is 0.0400. The van der Waals surface area contributed by atoms with E-state index in [4.69, 9.17) is 0 Å². The van der Waals surface area contributed by atoms with Gasteiger partial charge >= 0.3 is 0 Å². The third-order valence-electron chi connectivity index (χ3n) is 10.8. The molecule has 1 aliphatic carbocycles. The Morgan fingerprint density at radius 2 is 0.635 bits per heavy atom. The average molecular weight is 701 g/mol. The van der Waals surface area contributed by atoms with Crippen LogP contribution in [0.15, 0.2) is 238 Å². The molecule has 250 valence electrons. The van der Waals surface area contributed by atoms with E-state index in [-0.39, 0.29) is 0 Å². The van der Waals surface area contributed by atoms with Gasteiger partial charge in [-0.2, -0.15) is 0 Å². The van der Waals surface area contributed by atoms with Gasteiger partial charge in [0.1, 0.15) is 0 Å². The second-order valence-corrected chi connectivity index (χ2v) is 20.5. The molecule has 9 rings (SSSR count). The Balaban J connectivity index is 1.23. The maximum Gasteiger partial charge on any atom is 0.179 e. The van der Waals surface area contributed by atoms with E-state index < -0.39 is 18.1 Å². The van der Waals surface area contributed by atoms with Crippen molar-refractivity contribution in [3.8, 4) is 11.1 Å². The molecule has 0 atom stereocenters. The summed E-state index contributed by atoms with van der Waals surface area (Å²) in [6.45, 7) is 0. The van der Waals surface area contributed by atoms with Crippen molar-refractivity contribution in [2.75, 3.05) is 0 Å². The van der Waals surface area contributed by atoms with Gasteiger partial charge in [0.15, 0.2) is 8.07 Å². The molecule has 0 saturated heterocycles. The number of aryl methyl sites for hydroxylation is 2. The number of fused-ring (bicyclic) bond motifs is 3. The van der Waals surface area contributed by atoms with Crippen molar-refractivity contribution in [3.63, 3.8) is 0 Å². The van der Waals surface area contributed by atoms with Crippen LogP contribution < -0.4 is 20.7 Å². The van der Waals surface area contributed by atoms with Gasteiger partial charge in [-0.15, -0.1) is 10.0 Å². The van der Waals surface area contributed by atoms with Crippen molar-refractivity contribution >= 4 is 38.8 Å². The number of rotatable bonds is 8. The van der Waals surface area contributed by atoms with Crippen LogP contribution in [0.3, 0.4) is 0 Å². The molecule has 52 heavy (non-hydrogen) atoms. The van der Waals surface area contributed by atoms with Crippen molar-refractivity contribution in [2.24, 2.45) is 0 Å². The van der Waals surface area contributed by atoms with Gasteiger partial charge in [-0.05, 0) is 104 Å². The summed E-state index contributed by atoms with van der Waals surface area (Å²) in [6, 6.07) is 82.1. The molecule has 0 nitrogen and oxygen atoms in total. The molecule has 2 heteroatoms. The molecule has 8 aromatic rings. The van der Waals surface area contributed by atoms with E-state index in [9.17, 15) is 0 Å². The number of hydrogen-bond donors (Lipinski definition) is 0. The third-order valence-corrected chi connectivity index (χ3v) is 19.5. The lowest BCUT2D eigenvalue weighted by Gasteiger charge is -2.42. The summed E-state index contributed by atoms with van der Waals surface area (Å²) >= 11 is 0. The van der Waals surface area contributed by atoms with Gasteiger partial charge in [-0.1, -0.05) is 170 Å². The molecule has 0 unspecified atom stereocenters. The Morgan fingerprint density at radius 3 is 1.04 bits per heavy atom. The first-order chi connectivity index (χ1) is 25.8. The van der Waals surface area contributed by atoms with E-state index in [2.05, 4.69) is 218 Å². The fourth-order valence-corrected chi connectivity index (χ4v) is 17.3. The Bertz CT molecular complexity index is 2060. The van der Waals surface area contributed by atoms with Gasteiger partial charge in [0.25, 0.3) is 0 Å². The van der Waals surface area contributed by atoms with Crippen molar-refractivity contribution in [1.82, 2.24) is 0 Å². The number of hydrogen-bond acceptors (Lipinski definition) is 0. The normalized spacial score (nSPS) is 12.8. The minimum atomic E-state index is -2.59. The summed E-state index contributed by atoms with van der Waals surface area (Å²) in [7, 11) is -4.33. The third kappa shape index (κ3) is 5.30. The quantitative estimate of drug-likeness (QED) is 0.109. The highest BCUT2D eigenvalue weighted by molar-refractivity contribution is 8.34. The van der Waals surface area contributed by atoms with Gasteiger partial charge in [-0.3, -0.25) is 0 Å². The monoisotopic (exact) mass is 700 g/mol. The number of benzene rings is 8. The first-order valence-electron chi connectivity index (χ1n) is 18.2. The van der Waals surface area contributed by atoms with Crippen molar-refractivity contribution in [2.45, 2.75) is 32.4 Å². The Morgan fingerprint density at radius 1 is 0.288 bits per heavy atom. The zero-order chi connectivity index (χ0) is 34.8. The van der Waals surface area contributed by atoms with Crippen LogP contribution in [0.2, 0.25) is 0 Å². The first kappa shape index (κ1) is 32.2. The van der Waals surface area contributed by atoms with E-state index >= 15 is 0 Å². The topological polar surface area (TPSA) is 0 Å². The van der Waals surface area contributed by atoms with Gasteiger partial charge in [0.2, 0.25) is 0 Å². The van der Waals surface area contributed by atoms with E-state index in [1.807, 2.05) is 0 Å². The molecular formula is C50H40SSi. The molecule has 0 heterocycles. The molecule has 0 amide bonds. The summed E-state index contributed by atoms with van der Waals surface area (Å²) < 4.78 is 0. The molecule has 0 saturated carbocycles. The van der Waals surface area contributed by atoms with Crippen LogP contribution >= 0.6 is 10.0 Å². The van der Waals surface area contributed by atoms with Crippen LogP contribution in [0.1, 0.15) is 11.1 Å². The lowest BCUT2D eigenvalue weighted by atomic mass is 9.86. The Kier molecular flexibility index (Phi) is 8.56. The Labute approximate surface area is 310 Å². The highest BCUT2D eigenvalue weighted by Crippen LogP contribution is 2.73. The van der Waals surface area contributed by atoms with Crippen molar-refractivity contribution < 1.29 is 0 Å². The van der Waals surface area contributed by atoms with Gasteiger partial charge in [0.05, 0.1) is 0 Å². The lowest BCUT2D eigenvalue weighted by molar-refractivity contribution is 0.936. The lowest BCUT2D eigenvalue weighted by Crippen LogP contribution is -2.74. The zero-order valence-electron chi connectivity index (χ0n) is 29.1. The predicted molar refractivity (Wildman–Crippen MR) is 223 cm³/mol. The molecule has 0 spiro atoms. The zero-order valence-corrected chi connectivity index (χ0v) is 30.9. The molecule has 0 radical (unpaired) electrons. The van der Waals surface area contributed by atoms with Crippen LogP contribution in [0.4, 0.5) is 0 Å². The van der Waals surface area contributed by atoms with Crippen molar-refractivity contribution in [1.29, 1.82) is 0 Å². The predicted octanol–water partition coefficient (Wildman–Crippen LogP) is 10.2. The average Bonchev–Trinajstić information content (AvgIpc) is 3.24. The Hall–Kier alpha value is -5.67. The van der Waals surface area contributed by atoms with Crippen molar-refractivity contribution in [3.05, 3.63) is 230 Å². The highest BCUT2D eigenvalue weighted by Gasteiger charge is 2.42. The summed E-state index contributed by atoms with van der Waals surface area (Å²) in [5.41, 5.74) is 5.62. The van der Waals surface area contributed by atoms with E-state index in [0.29, 0.717) is 0 Å². The van der Waals surface area contributed by atoms with Crippen LogP contribution in [-0.2, 0) is 12.8 Å². The maximum absolute atomic E-state index is 2.59. The second-order valence-electron chi connectivity index (χ2n) is 13.6. The SMILES string of the molecule is c1ccc([Si](c2ccccc2)(c2ccccc2)c2ccc3c(c2)CCc2cc(S(c4ccccc4)(c4ccccc4)c4ccccc4)ccc2-3)cc1. The summed E-state index contributed by atoms with van der Waals surface area (Å²) in [5.74, 6) is 0. The van der Waals surface area contributed by atoms with Gasteiger partial charge in [-0.25, -0.2) is 0 Å². The highest BCUT2D eigenvalue weighted by atomic mass is 32.3. The van der Waals surface area contributed by atoms with Crippen LogP contribution in [0.25, 0.3) is 11.1 Å². The standard InChI is InChI=1S/C50H40SSi/c1-7-19-41(20-8-1)51(42-21-9-2-10-22-42,43-23-11-3-12-24-43)44-33-35-49-39(37-44)31-32-40-38-48(34-36-50(40)49)52(45-25-13-4-14-26-45,46-27-15-5-16-28-46)47-29-17-6-18-30-47/h1-30,33-38H,31-32H2.